The number of ether oxygens (including phenoxy) is 1. The highest BCUT2D eigenvalue weighted by Crippen LogP contribution is 2.30. The zero-order valence-corrected chi connectivity index (χ0v) is 19.1. The molecule has 1 atom stereocenters. The number of methoxy groups -OCH3 is 1. The molecule has 1 saturated heterocycles. The number of anilines is 1. The van der Waals surface area contributed by atoms with Crippen molar-refractivity contribution in [3.8, 4) is 5.75 Å². The Balaban J connectivity index is 1.83. The Morgan fingerprint density at radius 3 is 2.43 bits per heavy atom. The summed E-state index contributed by atoms with van der Waals surface area (Å²) in [5.74, 6) is 0.210. The molecule has 0 radical (unpaired) electrons. The molecule has 162 valence electrons. The number of amides is 1. The van der Waals surface area contributed by atoms with Gasteiger partial charge >= 0.3 is 0 Å². The van der Waals surface area contributed by atoms with E-state index in [9.17, 15) is 13.2 Å². The fraction of sp³-hybridized carbons (Fsp3) is 0.435. The summed E-state index contributed by atoms with van der Waals surface area (Å²) in [4.78, 5) is 15.1. The number of carbonyl (C=O) groups excluding carboxylic acids is 1. The second-order valence-corrected chi connectivity index (χ2v) is 9.90. The molecular formula is C23H30N2O4S. The van der Waals surface area contributed by atoms with Crippen molar-refractivity contribution in [2.24, 2.45) is 5.92 Å². The third kappa shape index (κ3) is 4.37. The summed E-state index contributed by atoms with van der Waals surface area (Å²) in [7, 11) is -0.361. The molecule has 2 aromatic carbocycles. The van der Waals surface area contributed by atoms with Crippen LogP contribution in [-0.4, -0.2) is 45.9 Å². The first-order valence-corrected chi connectivity index (χ1v) is 11.6. The van der Waals surface area contributed by atoms with Crippen LogP contribution in [0.2, 0.25) is 0 Å². The first-order valence-electron chi connectivity index (χ1n) is 10.1. The monoisotopic (exact) mass is 430 g/mol. The Bertz CT molecular complexity index is 1030. The zero-order chi connectivity index (χ0) is 22.1. The van der Waals surface area contributed by atoms with E-state index in [1.807, 2.05) is 51.1 Å². The van der Waals surface area contributed by atoms with Crippen LogP contribution in [0.5, 0.6) is 5.75 Å². The molecule has 2 aromatic rings. The predicted octanol–water partition coefficient (Wildman–Crippen LogP) is 3.68. The number of aryl methyl sites for hydroxylation is 3. The molecule has 30 heavy (non-hydrogen) atoms. The van der Waals surface area contributed by atoms with Gasteiger partial charge in [0.05, 0.1) is 17.9 Å². The van der Waals surface area contributed by atoms with Crippen molar-refractivity contribution in [2.75, 3.05) is 32.1 Å². The van der Waals surface area contributed by atoms with Crippen LogP contribution in [0.1, 0.15) is 29.5 Å². The maximum Gasteiger partial charge on any atom is 0.243 e. The number of sulfonamides is 1. The molecule has 1 fully saturated rings. The zero-order valence-electron chi connectivity index (χ0n) is 18.3. The fourth-order valence-corrected chi connectivity index (χ4v) is 6.22. The summed E-state index contributed by atoms with van der Waals surface area (Å²) >= 11 is 0. The molecule has 0 unspecified atom stereocenters. The largest absolute Gasteiger partial charge is 0.497 e. The Morgan fingerprint density at radius 2 is 1.80 bits per heavy atom. The normalized spacial score (nSPS) is 17.6. The van der Waals surface area contributed by atoms with E-state index in [1.165, 1.54) is 4.31 Å². The van der Waals surface area contributed by atoms with Gasteiger partial charge in [-0.2, -0.15) is 4.31 Å². The number of benzene rings is 2. The third-order valence-corrected chi connectivity index (χ3v) is 7.88. The van der Waals surface area contributed by atoms with Gasteiger partial charge in [-0.05, 0) is 56.9 Å². The van der Waals surface area contributed by atoms with Gasteiger partial charge in [-0.1, -0.05) is 23.8 Å². The SMILES string of the molecule is COc1cccc(N(C)C(=O)[C@@H]2CCCN(S(=O)(=O)c3c(C)cc(C)cc3C)C2)c1. The predicted molar refractivity (Wildman–Crippen MR) is 119 cm³/mol. The van der Waals surface area contributed by atoms with Crippen LogP contribution < -0.4 is 9.64 Å². The van der Waals surface area contributed by atoms with E-state index in [2.05, 4.69) is 0 Å². The summed E-state index contributed by atoms with van der Waals surface area (Å²) in [5, 5.41) is 0. The van der Waals surface area contributed by atoms with Crippen LogP contribution in [-0.2, 0) is 14.8 Å². The van der Waals surface area contributed by atoms with Crippen molar-refractivity contribution in [2.45, 2.75) is 38.5 Å². The quantitative estimate of drug-likeness (QED) is 0.726. The standard InChI is InChI=1S/C23H30N2O4S/c1-16-12-17(2)22(18(3)13-16)30(27,28)25-11-7-8-19(15-25)23(26)24(4)20-9-6-10-21(14-20)29-5/h6,9-10,12-14,19H,7-8,11,15H2,1-5H3/t19-/m1/s1. The lowest BCUT2D eigenvalue weighted by Crippen LogP contribution is -2.46. The van der Waals surface area contributed by atoms with Gasteiger partial charge in [0.15, 0.2) is 0 Å². The Morgan fingerprint density at radius 1 is 1.13 bits per heavy atom. The molecule has 1 heterocycles. The summed E-state index contributed by atoms with van der Waals surface area (Å²) in [6, 6.07) is 11.1. The van der Waals surface area contributed by atoms with E-state index in [0.29, 0.717) is 30.0 Å². The minimum atomic E-state index is -3.66. The van der Waals surface area contributed by atoms with Gasteiger partial charge in [0.25, 0.3) is 0 Å². The van der Waals surface area contributed by atoms with Gasteiger partial charge in [-0.15, -0.1) is 0 Å². The molecule has 6 nitrogen and oxygen atoms in total. The van der Waals surface area contributed by atoms with Crippen LogP contribution >= 0.6 is 0 Å². The fourth-order valence-electron chi connectivity index (χ4n) is 4.29. The molecule has 1 aliphatic rings. The maximum absolute atomic E-state index is 13.4. The van der Waals surface area contributed by atoms with Crippen molar-refractivity contribution in [3.05, 3.63) is 53.1 Å². The average Bonchev–Trinajstić information content (AvgIpc) is 2.71. The molecule has 0 spiro atoms. The second kappa shape index (κ2) is 8.78. The average molecular weight is 431 g/mol. The Labute approximate surface area is 179 Å². The van der Waals surface area contributed by atoms with Gasteiger partial charge in [0.2, 0.25) is 15.9 Å². The van der Waals surface area contributed by atoms with Crippen molar-refractivity contribution in [3.63, 3.8) is 0 Å². The van der Waals surface area contributed by atoms with Crippen LogP contribution in [0, 0.1) is 26.7 Å². The molecule has 1 amide bonds. The number of hydrogen-bond acceptors (Lipinski definition) is 4. The smallest absolute Gasteiger partial charge is 0.243 e. The summed E-state index contributed by atoms with van der Waals surface area (Å²) in [5.41, 5.74) is 3.25. The van der Waals surface area contributed by atoms with Crippen molar-refractivity contribution in [1.29, 1.82) is 0 Å². The van der Waals surface area contributed by atoms with Gasteiger partial charge in [0, 0.05) is 31.9 Å². The second-order valence-electron chi connectivity index (χ2n) is 8.03. The van der Waals surface area contributed by atoms with E-state index in [-0.39, 0.29) is 18.4 Å². The van der Waals surface area contributed by atoms with Gasteiger partial charge in [-0.25, -0.2) is 8.42 Å². The number of piperidine rings is 1. The van der Waals surface area contributed by atoms with Crippen LogP contribution in [0.15, 0.2) is 41.3 Å². The van der Waals surface area contributed by atoms with Gasteiger partial charge in [0.1, 0.15) is 5.75 Å². The van der Waals surface area contributed by atoms with E-state index in [1.54, 1.807) is 25.1 Å². The molecular weight excluding hydrogens is 400 g/mol. The van der Waals surface area contributed by atoms with Gasteiger partial charge in [-0.3, -0.25) is 4.79 Å². The molecule has 1 aliphatic heterocycles. The lowest BCUT2D eigenvalue weighted by molar-refractivity contribution is -0.123. The first kappa shape index (κ1) is 22.3. The van der Waals surface area contributed by atoms with E-state index in [4.69, 9.17) is 4.74 Å². The van der Waals surface area contributed by atoms with Crippen LogP contribution in [0.3, 0.4) is 0 Å². The van der Waals surface area contributed by atoms with Crippen LogP contribution in [0.25, 0.3) is 0 Å². The molecule has 0 bridgehead atoms. The van der Waals surface area contributed by atoms with E-state index >= 15 is 0 Å². The van der Waals surface area contributed by atoms with Crippen molar-refractivity contribution < 1.29 is 17.9 Å². The molecule has 7 heteroatoms. The summed E-state index contributed by atoms with van der Waals surface area (Å²) in [6.45, 7) is 6.25. The molecule has 0 aromatic heterocycles. The first-order chi connectivity index (χ1) is 14.1. The number of rotatable bonds is 5. The number of carbonyl (C=O) groups is 1. The highest BCUT2D eigenvalue weighted by molar-refractivity contribution is 7.89. The van der Waals surface area contributed by atoms with E-state index in [0.717, 1.165) is 22.4 Å². The minimum absolute atomic E-state index is 0.0829. The summed E-state index contributed by atoms with van der Waals surface area (Å²) in [6.07, 6.45) is 1.33. The number of nitrogens with zero attached hydrogens (tertiary/aromatic N) is 2. The third-order valence-electron chi connectivity index (χ3n) is 5.71. The lowest BCUT2D eigenvalue weighted by Gasteiger charge is -2.34. The van der Waals surface area contributed by atoms with Crippen molar-refractivity contribution >= 4 is 21.6 Å². The van der Waals surface area contributed by atoms with Gasteiger partial charge < -0.3 is 9.64 Å². The Hall–Kier alpha value is -2.38. The van der Waals surface area contributed by atoms with Crippen molar-refractivity contribution in [1.82, 2.24) is 4.31 Å². The minimum Gasteiger partial charge on any atom is -0.497 e. The number of hydrogen-bond donors (Lipinski definition) is 0. The molecule has 3 rings (SSSR count). The van der Waals surface area contributed by atoms with Crippen LogP contribution in [0.4, 0.5) is 5.69 Å². The summed E-state index contributed by atoms with van der Waals surface area (Å²) < 4.78 is 33.6. The highest BCUT2D eigenvalue weighted by Gasteiger charge is 2.36. The Kier molecular flexibility index (Phi) is 6.53. The molecule has 0 N–H and O–H groups in total. The molecule has 0 saturated carbocycles. The highest BCUT2D eigenvalue weighted by atomic mass is 32.2. The van der Waals surface area contributed by atoms with E-state index < -0.39 is 10.0 Å². The lowest BCUT2D eigenvalue weighted by atomic mass is 9.98. The maximum atomic E-state index is 13.4. The topological polar surface area (TPSA) is 66.9 Å². The molecule has 0 aliphatic carbocycles.